The summed E-state index contributed by atoms with van der Waals surface area (Å²) in [5, 5.41) is 3.02. The predicted octanol–water partition coefficient (Wildman–Crippen LogP) is 2.03. The number of sulfonamides is 1. The third kappa shape index (κ3) is 2.52. The van der Waals surface area contributed by atoms with Crippen molar-refractivity contribution in [1.82, 2.24) is 9.62 Å². The Kier molecular flexibility index (Phi) is 4.27. The van der Waals surface area contributed by atoms with Crippen LogP contribution < -0.4 is 5.32 Å². The zero-order valence-corrected chi connectivity index (χ0v) is 13.7. The van der Waals surface area contributed by atoms with E-state index in [0.717, 1.165) is 12.0 Å². The number of hydrogen-bond donors (Lipinski definition) is 1. The Morgan fingerprint density at radius 1 is 1.30 bits per heavy atom. The number of nitrogens with one attached hydrogen (secondary N) is 1. The number of rotatable bonds is 4. The van der Waals surface area contributed by atoms with Crippen LogP contribution >= 0.6 is 0 Å². The van der Waals surface area contributed by atoms with Crippen molar-refractivity contribution < 1.29 is 12.8 Å². The summed E-state index contributed by atoms with van der Waals surface area (Å²) < 4.78 is 33.1. The lowest BCUT2D eigenvalue weighted by atomic mass is 10.1. The SMILES string of the molecule is CNCc1c(C)oc(C)c1S(=O)(=O)N1CC(C)CC1C. The van der Waals surface area contributed by atoms with Crippen LogP contribution in [0, 0.1) is 19.8 Å². The van der Waals surface area contributed by atoms with Crippen molar-refractivity contribution in [3.63, 3.8) is 0 Å². The van der Waals surface area contributed by atoms with E-state index in [1.54, 1.807) is 18.3 Å². The second-order valence-corrected chi connectivity index (χ2v) is 7.64. The van der Waals surface area contributed by atoms with Gasteiger partial charge in [0.1, 0.15) is 16.4 Å². The number of hydrogen-bond acceptors (Lipinski definition) is 4. The standard InChI is InChI=1S/C14H24N2O3S/c1-9-6-10(2)16(8-9)20(17,18)14-12(4)19-11(3)13(14)7-15-5/h9-10,15H,6-8H2,1-5H3. The summed E-state index contributed by atoms with van der Waals surface area (Å²) in [6.45, 7) is 8.69. The van der Waals surface area contributed by atoms with Crippen LogP contribution in [-0.4, -0.2) is 32.4 Å². The maximum atomic E-state index is 13.0. The predicted molar refractivity (Wildman–Crippen MR) is 78.1 cm³/mol. The summed E-state index contributed by atoms with van der Waals surface area (Å²) in [7, 11) is -1.68. The van der Waals surface area contributed by atoms with Crippen LogP contribution in [0.15, 0.2) is 9.31 Å². The normalized spacial score (nSPS) is 24.4. The molecule has 0 amide bonds. The third-order valence-electron chi connectivity index (χ3n) is 3.97. The molecule has 2 unspecified atom stereocenters. The lowest BCUT2D eigenvalue weighted by molar-refractivity contribution is 0.403. The van der Waals surface area contributed by atoms with E-state index >= 15 is 0 Å². The highest BCUT2D eigenvalue weighted by Gasteiger charge is 2.39. The van der Waals surface area contributed by atoms with E-state index in [1.165, 1.54) is 0 Å². The van der Waals surface area contributed by atoms with Gasteiger partial charge in [0.15, 0.2) is 0 Å². The molecule has 1 aliphatic heterocycles. The molecular formula is C14H24N2O3S. The van der Waals surface area contributed by atoms with Crippen LogP contribution in [-0.2, 0) is 16.6 Å². The zero-order chi connectivity index (χ0) is 15.1. The van der Waals surface area contributed by atoms with Gasteiger partial charge in [-0.1, -0.05) is 6.92 Å². The first-order valence-electron chi connectivity index (χ1n) is 7.04. The second kappa shape index (κ2) is 5.50. The minimum absolute atomic E-state index is 0.0482. The molecule has 6 heteroatoms. The highest BCUT2D eigenvalue weighted by Crippen LogP contribution is 2.34. The maximum absolute atomic E-state index is 13.0. The molecule has 2 atom stereocenters. The first-order chi connectivity index (χ1) is 9.28. The Bertz CT molecular complexity index is 592. The van der Waals surface area contributed by atoms with Crippen molar-refractivity contribution >= 4 is 10.0 Å². The molecule has 1 aliphatic rings. The van der Waals surface area contributed by atoms with Gasteiger partial charge in [0.25, 0.3) is 0 Å². The molecule has 0 bridgehead atoms. The average molecular weight is 300 g/mol. The fourth-order valence-electron chi connectivity index (χ4n) is 3.14. The van der Waals surface area contributed by atoms with Gasteiger partial charge in [-0.3, -0.25) is 0 Å². The van der Waals surface area contributed by atoms with Gasteiger partial charge in [0.2, 0.25) is 10.0 Å². The van der Waals surface area contributed by atoms with Crippen molar-refractivity contribution in [3.05, 3.63) is 17.1 Å². The van der Waals surface area contributed by atoms with Gasteiger partial charge in [-0.15, -0.1) is 0 Å². The number of aryl methyl sites for hydroxylation is 2. The van der Waals surface area contributed by atoms with Crippen LogP contribution in [0.5, 0.6) is 0 Å². The molecule has 2 rings (SSSR count). The molecule has 1 N–H and O–H groups in total. The van der Waals surface area contributed by atoms with E-state index in [4.69, 9.17) is 4.42 Å². The van der Waals surface area contributed by atoms with Crippen LogP contribution in [0.25, 0.3) is 0 Å². The Labute approximate surface area is 121 Å². The molecule has 1 aromatic heterocycles. The van der Waals surface area contributed by atoms with Crippen molar-refractivity contribution in [3.8, 4) is 0 Å². The van der Waals surface area contributed by atoms with E-state index in [-0.39, 0.29) is 6.04 Å². The van der Waals surface area contributed by atoms with Crippen molar-refractivity contribution in [2.75, 3.05) is 13.6 Å². The van der Waals surface area contributed by atoms with E-state index in [1.807, 2.05) is 13.8 Å². The number of nitrogens with zero attached hydrogens (tertiary/aromatic N) is 1. The Balaban J connectivity index is 2.49. The number of furan rings is 1. The Hall–Kier alpha value is -0.850. The molecule has 2 heterocycles. The molecule has 5 nitrogen and oxygen atoms in total. The lowest BCUT2D eigenvalue weighted by Crippen LogP contribution is -2.34. The van der Waals surface area contributed by atoms with Gasteiger partial charge in [-0.25, -0.2) is 8.42 Å². The maximum Gasteiger partial charge on any atom is 0.247 e. The Morgan fingerprint density at radius 3 is 2.45 bits per heavy atom. The fraction of sp³-hybridized carbons (Fsp3) is 0.714. The molecule has 0 spiro atoms. The summed E-state index contributed by atoms with van der Waals surface area (Å²) in [4.78, 5) is 0.352. The summed E-state index contributed by atoms with van der Waals surface area (Å²) in [6, 6.07) is 0.0482. The first kappa shape index (κ1) is 15.5. The topological polar surface area (TPSA) is 62.6 Å². The van der Waals surface area contributed by atoms with E-state index in [2.05, 4.69) is 12.2 Å². The smallest absolute Gasteiger partial charge is 0.247 e. The molecule has 0 aromatic carbocycles. The molecule has 20 heavy (non-hydrogen) atoms. The Morgan fingerprint density at radius 2 is 1.95 bits per heavy atom. The van der Waals surface area contributed by atoms with Gasteiger partial charge < -0.3 is 9.73 Å². The van der Waals surface area contributed by atoms with Gasteiger partial charge >= 0.3 is 0 Å². The molecule has 0 radical (unpaired) electrons. The quantitative estimate of drug-likeness (QED) is 0.924. The van der Waals surface area contributed by atoms with E-state index in [9.17, 15) is 8.42 Å². The molecule has 1 aromatic rings. The molecule has 1 saturated heterocycles. The molecule has 1 fully saturated rings. The summed E-state index contributed by atoms with van der Waals surface area (Å²) in [5.41, 5.74) is 0.747. The van der Waals surface area contributed by atoms with Gasteiger partial charge in [-0.2, -0.15) is 4.31 Å². The van der Waals surface area contributed by atoms with Crippen molar-refractivity contribution in [2.24, 2.45) is 5.92 Å². The van der Waals surface area contributed by atoms with E-state index < -0.39 is 10.0 Å². The zero-order valence-electron chi connectivity index (χ0n) is 12.9. The van der Waals surface area contributed by atoms with Gasteiger partial charge in [0.05, 0.1) is 0 Å². The molecule has 0 saturated carbocycles. The second-order valence-electron chi connectivity index (χ2n) is 5.82. The highest BCUT2D eigenvalue weighted by atomic mass is 32.2. The van der Waals surface area contributed by atoms with Crippen LogP contribution in [0.1, 0.15) is 37.4 Å². The fourth-order valence-corrected chi connectivity index (χ4v) is 5.32. The third-order valence-corrected chi connectivity index (χ3v) is 6.15. The summed E-state index contributed by atoms with van der Waals surface area (Å²) in [5.74, 6) is 1.57. The van der Waals surface area contributed by atoms with Gasteiger partial charge in [-0.05, 0) is 40.2 Å². The molecule has 114 valence electrons. The minimum Gasteiger partial charge on any atom is -0.465 e. The summed E-state index contributed by atoms with van der Waals surface area (Å²) in [6.07, 6.45) is 0.913. The minimum atomic E-state index is -3.48. The molecule has 0 aliphatic carbocycles. The van der Waals surface area contributed by atoms with Crippen molar-refractivity contribution in [1.29, 1.82) is 0 Å². The van der Waals surface area contributed by atoms with Crippen molar-refractivity contribution in [2.45, 2.75) is 51.6 Å². The average Bonchev–Trinajstić information content (AvgIpc) is 2.80. The van der Waals surface area contributed by atoms with Crippen LogP contribution in [0.3, 0.4) is 0 Å². The largest absolute Gasteiger partial charge is 0.465 e. The molecular weight excluding hydrogens is 276 g/mol. The van der Waals surface area contributed by atoms with Crippen LogP contribution in [0.4, 0.5) is 0 Å². The van der Waals surface area contributed by atoms with E-state index in [0.29, 0.717) is 35.4 Å². The first-order valence-corrected chi connectivity index (χ1v) is 8.48. The lowest BCUT2D eigenvalue weighted by Gasteiger charge is -2.21. The highest BCUT2D eigenvalue weighted by molar-refractivity contribution is 7.89. The monoisotopic (exact) mass is 300 g/mol. The summed E-state index contributed by atoms with van der Waals surface area (Å²) >= 11 is 0. The van der Waals surface area contributed by atoms with Gasteiger partial charge in [0, 0.05) is 24.7 Å². The van der Waals surface area contributed by atoms with Crippen LogP contribution in [0.2, 0.25) is 0 Å².